The van der Waals surface area contributed by atoms with Crippen LogP contribution in [0.15, 0.2) is 5.38 Å². The smallest absolute Gasteiger partial charge is 0.212 e. The Hall–Kier alpha value is -1.27. The molecule has 0 aliphatic rings. The first-order chi connectivity index (χ1) is 7.63. The van der Waals surface area contributed by atoms with Crippen molar-refractivity contribution in [1.82, 2.24) is 20.0 Å². The van der Waals surface area contributed by atoms with Crippen molar-refractivity contribution in [3.63, 3.8) is 0 Å². The summed E-state index contributed by atoms with van der Waals surface area (Å²) in [6, 6.07) is 0. The molecule has 86 valence electrons. The molecular weight excluding hydrogens is 222 g/mol. The third kappa shape index (κ3) is 1.85. The Labute approximate surface area is 98.3 Å². The maximum absolute atomic E-state index is 5.65. The summed E-state index contributed by atoms with van der Waals surface area (Å²) in [6.45, 7) is 6.59. The van der Waals surface area contributed by atoms with E-state index >= 15 is 0 Å². The molecule has 2 N–H and O–H groups in total. The highest BCUT2D eigenvalue weighted by Gasteiger charge is 2.17. The van der Waals surface area contributed by atoms with Gasteiger partial charge in [0.05, 0.1) is 11.4 Å². The summed E-state index contributed by atoms with van der Waals surface area (Å²) in [5.41, 5.74) is 8.55. The molecule has 0 fully saturated rings. The van der Waals surface area contributed by atoms with Crippen LogP contribution in [0, 0.1) is 6.92 Å². The van der Waals surface area contributed by atoms with E-state index in [1.807, 2.05) is 12.3 Å². The number of hydrogen-bond donors (Lipinski definition) is 1. The first-order valence-corrected chi connectivity index (χ1v) is 6.08. The van der Waals surface area contributed by atoms with Crippen molar-refractivity contribution in [1.29, 1.82) is 0 Å². The van der Waals surface area contributed by atoms with Crippen molar-refractivity contribution in [2.75, 3.05) is 0 Å². The number of aromatic nitrogens is 4. The van der Waals surface area contributed by atoms with Gasteiger partial charge in [0.25, 0.3) is 0 Å². The Kier molecular flexibility index (Phi) is 3.02. The van der Waals surface area contributed by atoms with Crippen LogP contribution in [-0.4, -0.2) is 20.0 Å². The lowest BCUT2D eigenvalue weighted by Gasteiger charge is -2.07. The average molecular weight is 237 g/mol. The summed E-state index contributed by atoms with van der Waals surface area (Å²) in [6.07, 6.45) is 0. The zero-order valence-electron chi connectivity index (χ0n) is 9.64. The normalized spacial score (nSPS) is 11.3. The van der Waals surface area contributed by atoms with E-state index in [-0.39, 0.29) is 0 Å². The van der Waals surface area contributed by atoms with Crippen molar-refractivity contribution in [3.05, 3.63) is 22.5 Å². The summed E-state index contributed by atoms with van der Waals surface area (Å²) in [4.78, 5) is 4.41. The molecule has 2 heterocycles. The monoisotopic (exact) mass is 237 g/mol. The highest BCUT2D eigenvalue weighted by Crippen LogP contribution is 2.22. The molecule has 6 heteroatoms. The summed E-state index contributed by atoms with van der Waals surface area (Å²) in [5, 5.41) is 11.1. The second-order valence-electron chi connectivity index (χ2n) is 3.96. The molecular formula is C10H15N5S. The molecule has 0 radical (unpaired) electrons. The Morgan fingerprint density at radius 2 is 2.25 bits per heavy atom. The van der Waals surface area contributed by atoms with Crippen molar-refractivity contribution >= 4 is 11.3 Å². The van der Waals surface area contributed by atoms with E-state index in [2.05, 4.69) is 29.1 Å². The first-order valence-electron chi connectivity index (χ1n) is 5.20. The highest BCUT2D eigenvalue weighted by atomic mass is 32.1. The fourth-order valence-corrected chi connectivity index (χ4v) is 2.38. The topological polar surface area (TPSA) is 69.6 Å². The van der Waals surface area contributed by atoms with Crippen molar-refractivity contribution in [2.45, 2.75) is 33.2 Å². The Morgan fingerprint density at radius 1 is 1.50 bits per heavy atom. The predicted octanol–water partition coefficient (Wildman–Crippen LogP) is 1.61. The predicted molar refractivity (Wildman–Crippen MR) is 63.7 cm³/mol. The van der Waals surface area contributed by atoms with Gasteiger partial charge in [-0.05, 0) is 12.8 Å². The molecule has 2 rings (SSSR count). The van der Waals surface area contributed by atoms with E-state index in [1.165, 1.54) is 0 Å². The number of aryl methyl sites for hydroxylation is 1. The van der Waals surface area contributed by atoms with Crippen LogP contribution in [0.25, 0.3) is 5.13 Å². The van der Waals surface area contributed by atoms with Crippen LogP contribution in [0.1, 0.15) is 36.8 Å². The maximum atomic E-state index is 5.65. The van der Waals surface area contributed by atoms with E-state index in [4.69, 9.17) is 5.73 Å². The van der Waals surface area contributed by atoms with Gasteiger partial charge in [0.15, 0.2) is 0 Å². The molecule has 0 aliphatic heterocycles. The minimum atomic E-state index is 0.331. The zero-order valence-corrected chi connectivity index (χ0v) is 10.5. The van der Waals surface area contributed by atoms with Crippen molar-refractivity contribution < 1.29 is 0 Å². The molecule has 16 heavy (non-hydrogen) atoms. The molecule has 0 spiro atoms. The average Bonchev–Trinajstić information content (AvgIpc) is 2.82. The SMILES string of the molecule is Cc1csc(-n2nnc(CN)c2C(C)C)n1. The van der Waals surface area contributed by atoms with Gasteiger partial charge in [0.2, 0.25) is 5.13 Å². The Morgan fingerprint density at radius 3 is 2.75 bits per heavy atom. The number of nitrogens with two attached hydrogens (primary N) is 1. The largest absolute Gasteiger partial charge is 0.325 e. The van der Waals surface area contributed by atoms with Gasteiger partial charge in [-0.1, -0.05) is 19.1 Å². The molecule has 0 amide bonds. The highest BCUT2D eigenvalue weighted by molar-refractivity contribution is 7.12. The van der Waals surface area contributed by atoms with Crippen LogP contribution in [0.5, 0.6) is 0 Å². The van der Waals surface area contributed by atoms with Gasteiger partial charge in [-0.3, -0.25) is 0 Å². The summed E-state index contributed by atoms with van der Waals surface area (Å²) in [5.74, 6) is 0.331. The van der Waals surface area contributed by atoms with Gasteiger partial charge in [-0.2, -0.15) is 4.68 Å². The standard InChI is InChI=1S/C10H15N5S/c1-6(2)9-8(4-11)13-14-15(9)10-12-7(3)5-16-10/h5-6H,4,11H2,1-3H3. The molecule has 0 saturated heterocycles. The number of nitrogens with zero attached hydrogens (tertiary/aromatic N) is 4. The molecule has 0 saturated carbocycles. The first kappa shape index (κ1) is 11.2. The van der Waals surface area contributed by atoms with E-state index in [0.717, 1.165) is 22.2 Å². The number of rotatable bonds is 3. The van der Waals surface area contributed by atoms with Gasteiger partial charge in [0, 0.05) is 11.9 Å². The van der Waals surface area contributed by atoms with Gasteiger partial charge in [0.1, 0.15) is 5.69 Å². The fourth-order valence-electron chi connectivity index (χ4n) is 1.62. The van der Waals surface area contributed by atoms with Crippen LogP contribution < -0.4 is 5.73 Å². The molecule has 2 aromatic rings. The third-order valence-electron chi connectivity index (χ3n) is 2.31. The second-order valence-corrected chi connectivity index (χ2v) is 4.80. The van der Waals surface area contributed by atoms with Gasteiger partial charge >= 0.3 is 0 Å². The molecule has 5 nitrogen and oxygen atoms in total. The quantitative estimate of drug-likeness (QED) is 0.880. The van der Waals surface area contributed by atoms with Gasteiger partial charge in [-0.25, -0.2) is 4.98 Å². The summed E-state index contributed by atoms with van der Waals surface area (Å²) in [7, 11) is 0. The molecule has 0 unspecified atom stereocenters. The zero-order chi connectivity index (χ0) is 11.7. The van der Waals surface area contributed by atoms with Crippen molar-refractivity contribution in [2.24, 2.45) is 5.73 Å². The third-order valence-corrected chi connectivity index (χ3v) is 3.24. The van der Waals surface area contributed by atoms with Gasteiger partial charge < -0.3 is 5.73 Å². The van der Waals surface area contributed by atoms with E-state index in [9.17, 15) is 0 Å². The molecule has 2 aromatic heterocycles. The summed E-state index contributed by atoms with van der Waals surface area (Å²) < 4.78 is 1.80. The van der Waals surface area contributed by atoms with E-state index in [0.29, 0.717) is 12.5 Å². The van der Waals surface area contributed by atoms with E-state index < -0.39 is 0 Å². The fraction of sp³-hybridized carbons (Fsp3) is 0.500. The van der Waals surface area contributed by atoms with Gasteiger partial charge in [-0.15, -0.1) is 16.4 Å². The Balaban J connectivity index is 2.52. The second kappa shape index (κ2) is 4.31. The lowest BCUT2D eigenvalue weighted by molar-refractivity contribution is 0.709. The molecule has 0 atom stereocenters. The Bertz CT molecular complexity index is 485. The van der Waals surface area contributed by atoms with Crippen molar-refractivity contribution in [3.8, 4) is 5.13 Å². The van der Waals surface area contributed by atoms with E-state index in [1.54, 1.807) is 16.0 Å². The number of hydrogen-bond acceptors (Lipinski definition) is 5. The minimum absolute atomic E-state index is 0.331. The van der Waals surface area contributed by atoms with Crippen LogP contribution in [0.4, 0.5) is 0 Å². The minimum Gasteiger partial charge on any atom is -0.325 e. The van der Waals surface area contributed by atoms with Crippen LogP contribution in [0.3, 0.4) is 0 Å². The molecule has 0 aliphatic carbocycles. The lowest BCUT2D eigenvalue weighted by atomic mass is 10.1. The molecule has 0 bridgehead atoms. The van der Waals surface area contributed by atoms with Crippen LogP contribution >= 0.6 is 11.3 Å². The molecule has 0 aromatic carbocycles. The maximum Gasteiger partial charge on any atom is 0.212 e. The lowest BCUT2D eigenvalue weighted by Crippen LogP contribution is -2.07. The summed E-state index contributed by atoms with van der Waals surface area (Å²) >= 11 is 1.57. The van der Waals surface area contributed by atoms with Crippen LogP contribution in [0.2, 0.25) is 0 Å². The van der Waals surface area contributed by atoms with Crippen LogP contribution in [-0.2, 0) is 6.54 Å². The number of thiazole rings is 1.